The van der Waals surface area contributed by atoms with Crippen LogP contribution < -0.4 is 10.6 Å². The number of nitrogens with zero attached hydrogens (tertiary/aromatic N) is 3. The highest BCUT2D eigenvalue weighted by molar-refractivity contribution is 6.04. The molecular weight excluding hydrogens is 228 g/mol. The van der Waals surface area contributed by atoms with Gasteiger partial charge >= 0.3 is 0 Å². The van der Waals surface area contributed by atoms with E-state index in [1.54, 1.807) is 4.90 Å². The lowest BCUT2D eigenvalue weighted by Crippen LogP contribution is -2.31. The number of aromatic nitrogens is 2. The lowest BCUT2D eigenvalue weighted by Gasteiger charge is -2.20. The molecule has 0 fully saturated rings. The largest absolute Gasteiger partial charge is 0.382 e. The zero-order valence-electron chi connectivity index (χ0n) is 10.1. The number of rotatable bonds is 3. The van der Waals surface area contributed by atoms with Gasteiger partial charge in [0.1, 0.15) is 11.5 Å². The number of benzene rings is 1. The maximum absolute atomic E-state index is 12.3. The molecule has 2 rings (SSSR count). The van der Waals surface area contributed by atoms with Crippen LogP contribution in [0.2, 0.25) is 0 Å². The van der Waals surface area contributed by atoms with Gasteiger partial charge in [0.25, 0.3) is 5.91 Å². The van der Waals surface area contributed by atoms with Crippen molar-refractivity contribution in [2.24, 2.45) is 0 Å². The van der Waals surface area contributed by atoms with Crippen LogP contribution in [0.5, 0.6) is 0 Å². The van der Waals surface area contributed by atoms with Crippen molar-refractivity contribution >= 4 is 17.4 Å². The first-order chi connectivity index (χ1) is 8.72. The molecule has 0 unspecified atom stereocenters. The number of nitrogens with two attached hydrogens (primary N) is 1. The van der Waals surface area contributed by atoms with Crippen molar-refractivity contribution in [1.82, 2.24) is 9.97 Å². The number of anilines is 2. The second-order valence-electron chi connectivity index (χ2n) is 3.71. The van der Waals surface area contributed by atoms with Crippen molar-refractivity contribution < 1.29 is 4.79 Å². The molecule has 18 heavy (non-hydrogen) atoms. The summed E-state index contributed by atoms with van der Waals surface area (Å²) in [5.74, 6) is 0.116. The number of hydrogen-bond donors (Lipinski definition) is 1. The van der Waals surface area contributed by atoms with Gasteiger partial charge in [-0.25, -0.2) is 9.97 Å². The Bertz CT molecular complexity index is 524. The minimum atomic E-state index is -0.184. The number of amides is 1. The molecule has 0 atom stereocenters. The molecule has 0 aliphatic rings. The molecule has 1 heterocycles. The molecule has 0 saturated carbocycles. The van der Waals surface area contributed by atoms with E-state index in [-0.39, 0.29) is 11.6 Å². The molecule has 92 valence electrons. The second kappa shape index (κ2) is 5.27. The Hall–Kier alpha value is -2.43. The Morgan fingerprint density at radius 2 is 1.94 bits per heavy atom. The van der Waals surface area contributed by atoms with E-state index in [9.17, 15) is 4.79 Å². The van der Waals surface area contributed by atoms with E-state index in [0.717, 1.165) is 5.69 Å². The van der Waals surface area contributed by atoms with Crippen molar-refractivity contribution in [3.05, 3.63) is 48.4 Å². The molecule has 1 aromatic carbocycles. The van der Waals surface area contributed by atoms with Crippen LogP contribution in [-0.2, 0) is 0 Å². The Balaban J connectivity index is 2.28. The predicted octanol–water partition coefficient (Wildman–Crippen LogP) is 1.73. The minimum absolute atomic E-state index is 0.184. The standard InChI is InChI=1S/C13H14N4O/c1-2-17(10-6-4-3-5-7-10)13(18)11-8-16-12(14)9-15-11/h3-9H,2H2,1H3,(H2,14,16). The molecule has 0 bridgehead atoms. The highest BCUT2D eigenvalue weighted by Crippen LogP contribution is 2.15. The van der Waals surface area contributed by atoms with E-state index in [4.69, 9.17) is 5.73 Å². The van der Waals surface area contributed by atoms with Gasteiger partial charge in [0.15, 0.2) is 0 Å². The number of nitrogen functional groups attached to an aromatic ring is 1. The maximum atomic E-state index is 12.3. The number of carbonyl (C=O) groups excluding carboxylic acids is 1. The Kier molecular flexibility index (Phi) is 3.52. The molecule has 0 aliphatic carbocycles. The summed E-state index contributed by atoms with van der Waals surface area (Å²) in [5, 5.41) is 0. The molecule has 5 nitrogen and oxygen atoms in total. The average molecular weight is 242 g/mol. The predicted molar refractivity (Wildman–Crippen MR) is 70.2 cm³/mol. The van der Waals surface area contributed by atoms with Gasteiger partial charge in [-0.05, 0) is 19.1 Å². The van der Waals surface area contributed by atoms with Gasteiger partial charge in [-0.3, -0.25) is 4.79 Å². The van der Waals surface area contributed by atoms with E-state index in [2.05, 4.69) is 9.97 Å². The van der Waals surface area contributed by atoms with Crippen LogP contribution in [0.1, 0.15) is 17.4 Å². The first-order valence-electron chi connectivity index (χ1n) is 5.66. The lowest BCUT2D eigenvalue weighted by atomic mass is 10.2. The van der Waals surface area contributed by atoms with Crippen LogP contribution in [0.25, 0.3) is 0 Å². The average Bonchev–Trinajstić information content (AvgIpc) is 2.41. The Morgan fingerprint density at radius 1 is 1.22 bits per heavy atom. The topological polar surface area (TPSA) is 72.1 Å². The van der Waals surface area contributed by atoms with E-state index >= 15 is 0 Å². The first-order valence-corrected chi connectivity index (χ1v) is 5.66. The SMILES string of the molecule is CCN(C(=O)c1cnc(N)cn1)c1ccccc1. The summed E-state index contributed by atoms with van der Waals surface area (Å²) < 4.78 is 0. The fourth-order valence-corrected chi connectivity index (χ4v) is 1.64. The third kappa shape index (κ3) is 2.45. The summed E-state index contributed by atoms with van der Waals surface area (Å²) in [6.07, 6.45) is 2.77. The van der Waals surface area contributed by atoms with Gasteiger partial charge in [0, 0.05) is 12.2 Å². The third-order valence-electron chi connectivity index (χ3n) is 2.52. The Morgan fingerprint density at radius 3 is 2.50 bits per heavy atom. The van der Waals surface area contributed by atoms with Crippen molar-refractivity contribution in [3.8, 4) is 0 Å². The van der Waals surface area contributed by atoms with Crippen LogP contribution in [0.3, 0.4) is 0 Å². The summed E-state index contributed by atoms with van der Waals surface area (Å²) >= 11 is 0. The lowest BCUT2D eigenvalue weighted by molar-refractivity contribution is 0.0983. The summed E-state index contributed by atoms with van der Waals surface area (Å²) in [6, 6.07) is 9.45. The molecule has 0 radical (unpaired) electrons. The summed E-state index contributed by atoms with van der Waals surface area (Å²) in [5.41, 5.74) is 6.57. The molecule has 2 N–H and O–H groups in total. The fourth-order valence-electron chi connectivity index (χ4n) is 1.64. The van der Waals surface area contributed by atoms with Crippen molar-refractivity contribution in [2.75, 3.05) is 17.2 Å². The zero-order chi connectivity index (χ0) is 13.0. The third-order valence-corrected chi connectivity index (χ3v) is 2.52. The van der Waals surface area contributed by atoms with E-state index in [0.29, 0.717) is 12.4 Å². The molecule has 0 aliphatic heterocycles. The fraction of sp³-hybridized carbons (Fsp3) is 0.154. The van der Waals surface area contributed by atoms with Crippen LogP contribution in [0.15, 0.2) is 42.7 Å². The maximum Gasteiger partial charge on any atom is 0.278 e. The van der Waals surface area contributed by atoms with Gasteiger partial charge in [0.05, 0.1) is 12.4 Å². The van der Waals surface area contributed by atoms with Crippen LogP contribution in [0.4, 0.5) is 11.5 Å². The monoisotopic (exact) mass is 242 g/mol. The van der Waals surface area contributed by atoms with Crippen LogP contribution in [-0.4, -0.2) is 22.4 Å². The molecule has 2 aromatic rings. The molecule has 1 amide bonds. The van der Waals surface area contributed by atoms with E-state index in [1.165, 1.54) is 12.4 Å². The number of hydrogen-bond acceptors (Lipinski definition) is 4. The van der Waals surface area contributed by atoms with Gasteiger partial charge in [-0.15, -0.1) is 0 Å². The Labute approximate surface area is 105 Å². The van der Waals surface area contributed by atoms with Crippen LogP contribution in [0, 0.1) is 0 Å². The highest BCUT2D eigenvalue weighted by atomic mass is 16.2. The second-order valence-corrected chi connectivity index (χ2v) is 3.71. The smallest absolute Gasteiger partial charge is 0.278 e. The zero-order valence-corrected chi connectivity index (χ0v) is 10.1. The summed E-state index contributed by atoms with van der Waals surface area (Å²) in [6.45, 7) is 2.48. The molecule has 0 spiro atoms. The van der Waals surface area contributed by atoms with Crippen molar-refractivity contribution in [2.45, 2.75) is 6.92 Å². The van der Waals surface area contributed by atoms with E-state index in [1.807, 2.05) is 37.3 Å². The normalized spacial score (nSPS) is 10.1. The quantitative estimate of drug-likeness (QED) is 0.889. The number of para-hydroxylation sites is 1. The molecule has 0 saturated heterocycles. The highest BCUT2D eigenvalue weighted by Gasteiger charge is 2.17. The van der Waals surface area contributed by atoms with Crippen molar-refractivity contribution in [3.63, 3.8) is 0 Å². The molecule has 5 heteroatoms. The van der Waals surface area contributed by atoms with E-state index < -0.39 is 0 Å². The van der Waals surface area contributed by atoms with Crippen molar-refractivity contribution in [1.29, 1.82) is 0 Å². The van der Waals surface area contributed by atoms with Gasteiger partial charge in [-0.1, -0.05) is 18.2 Å². The minimum Gasteiger partial charge on any atom is -0.382 e. The van der Waals surface area contributed by atoms with Gasteiger partial charge in [0.2, 0.25) is 0 Å². The first kappa shape index (κ1) is 12.0. The molecular formula is C13H14N4O. The number of carbonyl (C=O) groups is 1. The molecule has 1 aromatic heterocycles. The summed E-state index contributed by atoms with van der Waals surface area (Å²) in [7, 11) is 0. The van der Waals surface area contributed by atoms with Gasteiger partial charge in [-0.2, -0.15) is 0 Å². The van der Waals surface area contributed by atoms with Crippen LogP contribution >= 0.6 is 0 Å². The summed E-state index contributed by atoms with van der Waals surface area (Å²) in [4.78, 5) is 21.8. The van der Waals surface area contributed by atoms with Gasteiger partial charge < -0.3 is 10.6 Å².